The maximum absolute atomic E-state index is 12.0. The zero-order valence-electron chi connectivity index (χ0n) is 18.7. The maximum Gasteiger partial charge on any atom is 0.319 e. The van der Waals surface area contributed by atoms with Gasteiger partial charge in [0.1, 0.15) is 0 Å². The lowest BCUT2D eigenvalue weighted by molar-refractivity contribution is 0.252. The number of hydrogen-bond donors (Lipinski definition) is 3. The molecule has 0 saturated heterocycles. The Morgan fingerprint density at radius 1 is 0.909 bits per heavy atom. The lowest BCUT2D eigenvalue weighted by Crippen LogP contribution is -2.29. The molecule has 0 aliphatic carbocycles. The number of rotatable bonds is 9. The van der Waals surface area contributed by atoms with Crippen molar-refractivity contribution >= 4 is 23.5 Å². The van der Waals surface area contributed by atoms with E-state index < -0.39 is 0 Å². The highest BCUT2D eigenvalue weighted by Gasteiger charge is 2.14. The van der Waals surface area contributed by atoms with Crippen molar-refractivity contribution in [3.8, 4) is 22.5 Å². The first-order valence-electron chi connectivity index (χ1n) is 11.1. The van der Waals surface area contributed by atoms with Crippen LogP contribution in [0.5, 0.6) is 0 Å². The van der Waals surface area contributed by atoms with Gasteiger partial charge in [0, 0.05) is 29.1 Å². The van der Waals surface area contributed by atoms with Crippen molar-refractivity contribution in [3.05, 3.63) is 90.5 Å². The van der Waals surface area contributed by atoms with Gasteiger partial charge in [-0.05, 0) is 37.5 Å². The molecular formula is C27H28N4OS. The molecule has 0 fully saturated rings. The van der Waals surface area contributed by atoms with Gasteiger partial charge in [-0.2, -0.15) is 0 Å². The average Bonchev–Trinajstić information content (AvgIpc) is 3.27. The molecule has 1 aromatic heterocycles. The first-order chi connectivity index (χ1) is 16.2. The molecule has 0 radical (unpaired) electrons. The minimum absolute atomic E-state index is 0.167. The highest BCUT2D eigenvalue weighted by molar-refractivity contribution is 7.99. The number of H-pyrrole nitrogens is 1. The van der Waals surface area contributed by atoms with Crippen LogP contribution in [0.25, 0.3) is 22.5 Å². The SMILES string of the molecule is Cc1cccc(NC(=O)NCCCCSc2nc(-c3ccccc3)c(-c3ccccc3)[nH]2)c1. The number of thioether (sulfide) groups is 1. The van der Waals surface area contributed by atoms with Crippen LogP contribution in [0, 0.1) is 6.92 Å². The first kappa shape index (κ1) is 22.7. The van der Waals surface area contributed by atoms with Crippen LogP contribution in [0.15, 0.2) is 90.1 Å². The number of nitrogens with one attached hydrogen (secondary N) is 3. The summed E-state index contributed by atoms with van der Waals surface area (Å²) >= 11 is 1.71. The summed E-state index contributed by atoms with van der Waals surface area (Å²) in [6, 6.07) is 28.2. The number of aryl methyl sites for hydroxylation is 1. The Morgan fingerprint density at radius 2 is 1.64 bits per heavy atom. The van der Waals surface area contributed by atoms with Gasteiger partial charge >= 0.3 is 6.03 Å². The fraction of sp³-hybridized carbons (Fsp3) is 0.185. The van der Waals surface area contributed by atoms with E-state index in [0.717, 1.165) is 57.5 Å². The summed E-state index contributed by atoms with van der Waals surface area (Å²) in [6.45, 7) is 2.65. The molecule has 3 N–H and O–H groups in total. The number of anilines is 1. The van der Waals surface area contributed by atoms with E-state index in [4.69, 9.17) is 4.98 Å². The average molecular weight is 457 g/mol. The third kappa shape index (κ3) is 6.49. The number of aromatic amines is 1. The monoisotopic (exact) mass is 456 g/mol. The number of carbonyl (C=O) groups is 1. The third-order valence-corrected chi connectivity index (χ3v) is 6.12. The molecule has 0 atom stereocenters. The lowest BCUT2D eigenvalue weighted by atomic mass is 10.1. The first-order valence-corrected chi connectivity index (χ1v) is 12.1. The predicted molar refractivity (Wildman–Crippen MR) is 138 cm³/mol. The Bertz CT molecular complexity index is 1120. The van der Waals surface area contributed by atoms with E-state index in [1.54, 1.807) is 11.8 Å². The van der Waals surface area contributed by atoms with Crippen molar-refractivity contribution in [1.82, 2.24) is 15.3 Å². The van der Waals surface area contributed by atoms with Gasteiger partial charge in [0.25, 0.3) is 0 Å². The fourth-order valence-corrected chi connectivity index (χ4v) is 4.41. The van der Waals surface area contributed by atoms with Crippen LogP contribution in [0.1, 0.15) is 18.4 Å². The minimum atomic E-state index is -0.167. The molecule has 33 heavy (non-hydrogen) atoms. The fourth-order valence-electron chi connectivity index (χ4n) is 3.53. The molecule has 0 aliphatic rings. The van der Waals surface area contributed by atoms with Crippen LogP contribution in [0.2, 0.25) is 0 Å². The number of hydrogen-bond acceptors (Lipinski definition) is 3. The van der Waals surface area contributed by atoms with Crippen molar-refractivity contribution in [2.75, 3.05) is 17.6 Å². The summed E-state index contributed by atoms with van der Waals surface area (Å²) in [5, 5.41) is 6.71. The summed E-state index contributed by atoms with van der Waals surface area (Å²) < 4.78 is 0. The number of aromatic nitrogens is 2. The predicted octanol–water partition coefficient (Wildman–Crippen LogP) is 6.75. The smallest absolute Gasteiger partial charge is 0.319 e. The number of amides is 2. The number of imidazole rings is 1. The molecule has 4 rings (SSSR count). The molecule has 5 nitrogen and oxygen atoms in total. The molecule has 0 unspecified atom stereocenters. The molecule has 6 heteroatoms. The van der Waals surface area contributed by atoms with Crippen LogP contribution in [-0.4, -0.2) is 28.3 Å². The van der Waals surface area contributed by atoms with Crippen LogP contribution in [0.4, 0.5) is 10.5 Å². The second kappa shape index (κ2) is 11.4. The third-order valence-electron chi connectivity index (χ3n) is 5.16. The van der Waals surface area contributed by atoms with Gasteiger partial charge in [-0.25, -0.2) is 9.78 Å². The highest BCUT2D eigenvalue weighted by Crippen LogP contribution is 2.32. The summed E-state index contributed by atoms with van der Waals surface area (Å²) in [7, 11) is 0. The summed E-state index contributed by atoms with van der Waals surface area (Å²) in [4.78, 5) is 20.4. The minimum Gasteiger partial charge on any atom is -0.338 e. The molecule has 0 saturated carbocycles. The molecule has 3 aromatic carbocycles. The van der Waals surface area contributed by atoms with Gasteiger partial charge in [0.05, 0.1) is 11.4 Å². The largest absolute Gasteiger partial charge is 0.338 e. The van der Waals surface area contributed by atoms with Crippen molar-refractivity contribution < 1.29 is 4.79 Å². The molecule has 0 spiro atoms. The second-order valence-corrected chi connectivity index (χ2v) is 8.89. The van der Waals surface area contributed by atoms with Crippen molar-refractivity contribution in [1.29, 1.82) is 0 Å². The van der Waals surface area contributed by atoms with E-state index in [2.05, 4.69) is 39.9 Å². The van der Waals surface area contributed by atoms with Crippen LogP contribution < -0.4 is 10.6 Å². The number of nitrogens with zero attached hydrogens (tertiary/aromatic N) is 1. The van der Waals surface area contributed by atoms with Gasteiger partial charge in [0.15, 0.2) is 5.16 Å². The molecular weight excluding hydrogens is 428 g/mol. The summed E-state index contributed by atoms with van der Waals surface area (Å²) in [6.07, 6.45) is 1.89. The maximum atomic E-state index is 12.0. The van der Waals surface area contributed by atoms with Gasteiger partial charge < -0.3 is 15.6 Å². The van der Waals surface area contributed by atoms with Crippen molar-refractivity contribution in [2.45, 2.75) is 24.9 Å². The Kier molecular flexibility index (Phi) is 7.82. The van der Waals surface area contributed by atoms with E-state index in [-0.39, 0.29) is 6.03 Å². The quantitative estimate of drug-likeness (QED) is 0.193. The summed E-state index contributed by atoms with van der Waals surface area (Å²) in [5.74, 6) is 0.928. The normalized spacial score (nSPS) is 10.7. The van der Waals surface area contributed by atoms with Crippen molar-refractivity contribution in [3.63, 3.8) is 0 Å². The number of benzene rings is 3. The molecule has 1 heterocycles. The topological polar surface area (TPSA) is 69.8 Å². The highest BCUT2D eigenvalue weighted by atomic mass is 32.2. The zero-order valence-corrected chi connectivity index (χ0v) is 19.5. The Morgan fingerprint density at radius 3 is 2.36 bits per heavy atom. The van der Waals surface area contributed by atoms with Gasteiger partial charge in [0.2, 0.25) is 0 Å². The van der Waals surface area contributed by atoms with Crippen molar-refractivity contribution in [2.24, 2.45) is 0 Å². The Labute approximate surface area is 199 Å². The zero-order chi connectivity index (χ0) is 22.9. The van der Waals surface area contributed by atoms with E-state index in [1.165, 1.54) is 0 Å². The van der Waals surface area contributed by atoms with E-state index in [0.29, 0.717) is 6.54 Å². The molecule has 168 valence electrons. The van der Waals surface area contributed by atoms with Gasteiger partial charge in [-0.15, -0.1) is 0 Å². The lowest BCUT2D eigenvalue weighted by Gasteiger charge is -2.08. The number of carbonyl (C=O) groups excluding carboxylic acids is 1. The summed E-state index contributed by atoms with van der Waals surface area (Å²) in [5.41, 5.74) is 6.17. The standard InChI is InChI=1S/C27H28N4OS/c1-20-11-10-16-23(19-20)29-26(32)28-17-8-9-18-33-27-30-24(21-12-4-2-5-13-21)25(31-27)22-14-6-3-7-15-22/h2-7,10-16,19H,8-9,17-18H2,1H3,(H,30,31)(H2,28,29,32). The molecule has 4 aromatic rings. The number of urea groups is 1. The van der Waals surface area contributed by atoms with Gasteiger partial charge in [-0.1, -0.05) is 84.6 Å². The second-order valence-electron chi connectivity index (χ2n) is 7.80. The number of unbranched alkanes of at least 4 members (excludes halogenated alkanes) is 1. The van der Waals surface area contributed by atoms with E-state index in [9.17, 15) is 4.79 Å². The van der Waals surface area contributed by atoms with E-state index >= 15 is 0 Å². The van der Waals surface area contributed by atoms with Gasteiger partial charge in [-0.3, -0.25) is 0 Å². The molecule has 0 aliphatic heterocycles. The molecule has 2 amide bonds. The van der Waals surface area contributed by atoms with Crippen LogP contribution >= 0.6 is 11.8 Å². The molecule has 0 bridgehead atoms. The Balaban J connectivity index is 1.27. The van der Waals surface area contributed by atoms with Crippen LogP contribution in [0.3, 0.4) is 0 Å². The Hall–Kier alpha value is -3.51. The van der Waals surface area contributed by atoms with E-state index in [1.807, 2.05) is 67.6 Å². The van der Waals surface area contributed by atoms with Crippen LogP contribution in [-0.2, 0) is 0 Å².